The normalized spacial score (nSPS) is 11.3. The molecule has 0 saturated heterocycles. The van der Waals surface area contributed by atoms with Crippen LogP contribution in [-0.4, -0.2) is 59.6 Å². The zero-order chi connectivity index (χ0) is 27.5. The molecule has 0 saturated carbocycles. The number of thiophene rings is 1. The van der Waals surface area contributed by atoms with Crippen LogP contribution in [-0.2, 0) is 11.3 Å². The van der Waals surface area contributed by atoms with E-state index < -0.39 is 0 Å². The minimum Gasteiger partial charge on any atom is -0.372 e. The van der Waals surface area contributed by atoms with Crippen molar-refractivity contribution in [3.8, 4) is 11.3 Å². The number of hydrogen-bond donors (Lipinski definition) is 2. The van der Waals surface area contributed by atoms with Gasteiger partial charge in [0.15, 0.2) is 0 Å². The van der Waals surface area contributed by atoms with Crippen molar-refractivity contribution in [2.24, 2.45) is 0 Å². The van der Waals surface area contributed by atoms with Crippen LogP contribution < -0.4 is 15.5 Å². The molecule has 39 heavy (non-hydrogen) atoms. The summed E-state index contributed by atoms with van der Waals surface area (Å²) in [7, 11) is 6.10. The van der Waals surface area contributed by atoms with Crippen molar-refractivity contribution in [3.05, 3.63) is 72.8 Å². The van der Waals surface area contributed by atoms with Crippen LogP contribution in [0.25, 0.3) is 32.4 Å². The van der Waals surface area contributed by atoms with Gasteiger partial charge in [-0.2, -0.15) is 0 Å². The van der Waals surface area contributed by atoms with Crippen LogP contribution in [0.15, 0.2) is 72.8 Å². The molecule has 0 aliphatic heterocycles. The molecule has 200 valence electrons. The second-order valence-corrected chi connectivity index (χ2v) is 10.6. The number of benzene rings is 2. The van der Waals surface area contributed by atoms with E-state index in [0.717, 1.165) is 52.5 Å². The van der Waals surface area contributed by atoms with E-state index in [1.807, 2.05) is 50.8 Å². The summed E-state index contributed by atoms with van der Waals surface area (Å²) >= 11 is 1.64. The third-order valence-electron chi connectivity index (χ3n) is 6.68. The number of hydrogen-bond acceptors (Lipinski definition) is 7. The van der Waals surface area contributed by atoms with Gasteiger partial charge in [-0.15, -0.1) is 11.3 Å². The SMILES string of the molecule is C=CC(=O)Nc1cc(Nc2nc(-c3cn(CC)c4ccccc34)c3sccc3n2)ccc1N(C)CCN(C)C. The first kappa shape index (κ1) is 26.4. The Hall–Kier alpha value is -4.21. The minimum absolute atomic E-state index is 0.264. The van der Waals surface area contributed by atoms with Crippen molar-refractivity contribution >= 4 is 61.4 Å². The largest absolute Gasteiger partial charge is 0.372 e. The molecule has 9 heteroatoms. The van der Waals surface area contributed by atoms with Gasteiger partial charge in [0.05, 0.1) is 27.3 Å². The fourth-order valence-corrected chi connectivity index (χ4v) is 5.46. The Labute approximate surface area is 232 Å². The monoisotopic (exact) mass is 539 g/mol. The van der Waals surface area contributed by atoms with Crippen LogP contribution in [0.4, 0.5) is 23.0 Å². The van der Waals surface area contributed by atoms with Gasteiger partial charge < -0.3 is 25.0 Å². The number of likely N-dealkylation sites (N-methyl/N-ethyl adjacent to an activating group) is 2. The number of anilines is 4. The molecule has 3 heterocycles. The van der Waals surface area contributed by atoms with Gasteiger partial charge in [0.25, 0.3) is 0 Å². The molecule has 0 radical (unpaired) electrons. The van der Waals surface area contributed by atoms with Crippen molar-refractivity contribution in [2.45, 2.75) is 13.5 Å². The van der Waals surface area contributed by atoms with E-state index in [9.17, 15) is 4.79 Å². The molecule has 1 amide bonds. The Morgan fingerprint density at radius 3 is 2.69 bits per heavy atom. The van der Waals surface area contributed by atoms with E-state index in [0.29, 0.717) is 11.6 Å². The molecule has 2 aromatic carbocycles. The van der Waals surface area contributed by atoms with Crippen molar-refractivity contribution in [2.75, 3.05) is 49.8 Å². The maximum Gasteiger partial charge on any atom is 0.247 e. The third kappa shape index (κ3) is 5.50. The lowest BCUT2D eigenvalue weighted by molar-refractivity contribution is -0.111. The highest BCUT2D eigenvalue weighted by Crippen LogP contribution is 2.37. The van der Waals surface area contributed by atoms with Gasteiger partial charge in [-0.3, -0.25) is 4.79 Å². The number of fused-ring (bicyclic) bond motifs is 2. The molecule has 3 aromatic heterocycles. The van der Waals surface area contributed by atoms with Gasteiger partial charge in [0.2, 0.25) is 11.9 Å². The quantitative estimate of drug-likeness (QED) is 0.206. The molecule has 5 rings (SSSR count). The summed E-state index contributed by atoms with van der Waals surface area (Å²) in [4.78, 5) is 26.3. The van der Waals surface area contributed by atoms with E-state index in [-0.39, 0.29) is 5.91 Å². The summed E-state index contributed by atoms with van der Waals surface area (Å²) in [6, 6.07) is 16.3. The lowest BCUT2D eigenvalue weighted by atomic mass is 10.1. The molecular formula is C30H33N7OS. The number of carbonyl (C=O) groups excluding carboxylic acids is 1. The molecule has 0 spiro atoms. The van der Waals surface area contributed by atoms with Gasteiger partial charge in [0, 0.05) is 55.0 Å². The molecular weight excluding hydrogens is 506 g/mol. The summed E-state index contributed by atoms with van der Waals surface area (Å²) in [5.74, 6) is 0.235. The first-order valence-corrected chi connectivity index (χ1v) is 13.8. The molecule has 0 bridgehead atoms. The first-order chi connectivity index (χ1) is 18.9. The summed E-state index contributed by atoms with van der Waals surface area (Å²) in [5.41, 5.74) is 6.44. The lowest BCUT2D eigenvalue weighted by Crippen LogP contribution is -2.29. The highest BCUT2D eigenvalue weighted by Gasteiger charge is 2.17. The molecule has 0 fully saturated rings. The second kappa shape index (κ2) is 11.3. The van der Waals surface area contributed by atoms with Gasteiger partial charge in [-0.1, -0.05) is 24.8 Å². The lowest BCUT2D eigenvalue weighted by Gasteiger charge is -2.24. The van der Waals surface area contributed by atoms with Crippen LogP contribution in [0.1, 0.15) is 6.92 Å². The minimum atomic E-state index is -0.264. The zero-order valence-electron chi connectivity index (χ0n) is 22.7. The molecule has 0 aliphatic rings. The topological polar surface area (TPSA) is 78.3 Å². The van der Waals surface area contributed by atoms with E-state index in [1.165, 1.54) is 17.0 Å². The van der Waals surface area contributed by atoms with Crippen LogP contribution in [0, 0.1) is 0 Å². The maximum atomic E-state index is 12.2. The van der Waals surface area contributed by atoms with Gasteiger partial charge in [0.1, 0.15) is 0 Å². The Kier molecular flexibility index (Phi) is 7.63. The third-order valence-corrected chi connectivity index (χ3v) is 7.59. The van der Waals surface area contributed by atoms with Crippen LogP contribution in [0.2, 0.25) is 0 Å². The highest BCUT2D eigenvalue weighted by atomic mass is 32.1. The molecule has 2 N–H and O–H groups in total. The Morgan fingerprint density at radius 2 is 1.92 bits per heavy atom. The number of para-hydroxylation sites is 1. The average molecular weight is 540 g/mol. The second-order valence-electron chi connectivity index (χ2n) is 9.65. The van der Waals surface area contributed by atoms with E-state index in [4.69, 9.17) is 9.97 Å². The number of rotatable bonds is 10. The van der Waals surface area contributed by atoms with E-state index in [2.05, 4.69) is 69.0 Å². The van der Waals surface area contributed by atoms with Gasteiger partial charge >= 0.3 is 0 Å². The summed E-state index contributed by atoms with van der Waals surface area (Å²) < 4.78 is 3.30. The van der Waals surface area contributed by atoms with Crippen LogP contribution in [0.5, 0.6) is 0 Å². The summed E-state index contributed by atoms with van der Waals surface area (Å²) in [5, 5.41) is 9.55. The molecule has 0 aliphatic carbocycles. The predicted octanol–water partition coefficient (Wildman–Crippen LogP) is 6.20. The van der Waals surface area contributed by atoms with E-state index in [1.54, 1.807) is 11.3 Å². The van der Waals surface area contributed by atoms with Crippen molar-refractivity contribution in [1.29, 1.82) is 0 Å². The Morgan fingerprint density at radius 1 is 1.10 bits per heavy atom. The van der Waals surface area contributed by atoms with Crippen molar-refractivity contribution in [3.63, 3.8) is 0 Å². The predicted molar refractivity (Wildman–Crippen MR) is 164 cm³/mol. The van der Waals surface area contributed by atoms with Crippen molar-refractivity contribution in [1.82, 2.24) is 19.4 Å². The number of amides is 1. The van der Waals surface area contributed by atoms with Crippen molar-refractivity contribution < 1.29 is 4.79 Å². The molecule has 8 nitrogen and oxygen atoms in total. The van der Waals surface area contributed by atoms with Crippen LogP contribution in [0.3, 0.4) is 0 Å². The summed E-state index contributed by atoms with van der Waals surface area (Å²) in [6.07, 6.45) is 3.45. The molecule has 0 atom stereocenters. The van der Waals surface area contributed by atoms with E-state index >= 15 is 0 Å². The fourth-order valence-electron chi connectivity index (χ4n) is 4.63. The highest BCUT2D eigenvalue weighted by molar-refractivity contribution is 7.17. The zero-order valence-corrected chi connectivity index (χ0v) is 23.5. The molecule has 0 unspecified atom stereocenters. The smallest absolute Gasteiger partial charge is 0.247 e. The van der Waals surface area contributed by atoms with Gasteiger partial charge in [-0.25, -0.2) is 9.97 Å². The fraction of sp³-hybridized carbons (Fsp3) is 0.233. The molecule has 5 aromatic rings. The average Bonchev–Trinajstić information content (AvgIpc) is 3.56. The number of nitrogens with zero attached hydrogens (tertiary/aromatic N) is 5. The number of nitrogens with one attached hydrogen (secondary N) is 2. The number of aryl methyl sites for hydroxylation is 1. The number of aromatic nitrogens is 3. The standard InChI is InChI=1S/C30H33N7OS/c1-6-27(38)32-24-18-20(12-13-26(24)36(5)16-15-35(3)4)31-30-33-23-14-17-39-29(23)28(34-30)22-19-37(7-2)25-11-9-8-10-21(22)25/h6,8-14,17-19H,1,7,15-16H2,2-5H3,(H,32,38)(H,31,33,34). The Balaban J connectivity index is 1.54. The summed E-state index contributed by atoms with van der Waals surface area (Å²) in [6.45, 7) is 8.32. The maximum absolute atomic E-state index is 12.2. The first-order valence-electron chi connectivity index (χ1n) is 12.9. The van der Waals surface area contributed by atoms with Crippen LogP contribution >= 0.6 is 11.3 Å². The Bertz CT molecular complexity index is 1650. The number of carbonyl (C=O) groups is 1. The van der Waals surface area contributed by atoms with Gasteiger partial charge in [-0.05, 0) is 62.8 Å².